The van der Waals surface area contributed by atoms with E-state index < -0.39 is 11.6 Å². The third-order valence-electron chi connectivity index (χ3n) is 4.02. The summed E-state index contributed by atoms with van der Waals surface area (Å²) in [5.41, 5.74) is 6.56. The largest absolute Gasteiger partial charge is 0.368 e. The van der Waals surface area contributed by atoms with Crippen LogP contribution in [0.15, 0.2) is 24.3 Å². The van der Waals surface area contributed by atoms with Gasteiger partial charge in [-0.1, -0.05) is 6.07 Å². The van der Waals surface area contributed by atoms with Gasteiger partial charge in [0.2, 0.25) is 5.95 Å². The number of fused-ring (bicyclic) bond motifs is 1. The summed E-state index contributed by atoms with van der Waals surface area (Å²) in [7, 11) is 0. The molecule has 0 radical (unpaired) electrons. The number of benzene rings is 1. The van der Waals surface area contributed by atoms with Crippen LogP contribution < -0.4 is 11.1 Å². The molecule has 1 aliphatic carbocycles. The van der Waals surface area contributed by atoms with Gasteiger partial charge in [-0.2, -0.15) is 4.98 Å². The first kappa shape index (κ1) is 14.3. The Labute approximate surface area is 135 Å². The molecule has 2 atom stereocenters. The van der Waals surface area contributed by atoms with E-state index >= 15 is 0 Å². The minimum Gasteiger partial charge on any atom is -0.368 e. The molecule has 0 spiro atoms. The van der Waals surface area contributed by atoms with Crippen LogP contribution in [0.4, 0.5) is 20.5 Å². The summed E-state index contributed by atoms with van der Waals surface area (Å²) in [6.45, 7) is 2.01. The number of halogens is 2. The molecule has 2 heterocycles. The molecule has 1 aliphatic rings. The Morgan fingerprint density at radius 1 is 1.22 bits per heavy atom. The highest BCUT2D eigenvalue weighted by molar-refractivity contribution is 7.18. The third kappa shape index (κ3) is 2.61. The number of nitrogens with zero attached hydrogens (tertiary/aromatic N) is 2. The molecule has 4 rings (SSSR count). The van der Waals surface area contributed by atoms with Crippen molar-refractivity contribution in [3.05, 3.63) is 46.3 Å². The fourth-order valence-electron chi connectivity index (χ4n) is 2.81. The Morgan fingerprint density at radius 3 is 2.83 bits per heavy atom. The lowest BCUT2D eigenvalue weighted by molar-refractivity contribution is 0.507. The highest BCUT2D eigenvalue weighted by atomic mass is 32.1. The van der Waals surface area contributed by atoms with E-state index in [9.17, 15) is 8.78 Å². The molecule has 3 aromatic rings. The van der Waals surface area contributed by atoms with Gasteiger partial charge in [0.1, 0.15) is 10.6 Å². The van der Waals surface area contributed by atoms with E-state index in [2.05, 4.69) is 15.3 Å². The normalized spacial score (nSPS) is 20.0. The number of nitrogen functional groups attached to an aromatic ring is 1. The van der Waals surface area contributed by atoms with Gasteiger partial charge in [-0.15, -0.1) is 11.3 Å². The molecule has 0 amide bonds. The lowest BCUT2D eigenvalue weighted by atomic mass is 10.1. The van der Waals surface area contributed by atoms with Crippen molar-refractivity contribution in [3.8, 4) is 0 Å². The fraction of sp³-hybridized carbons (Fsp3) is 0.250. The molecule has 1 aromatic carbocycles. The van der Waals surface area contributed by atoms with E-state index in [-0.39, 0.29) is 17.9 Å². The molecular formula is C16H14F2N4S. The summed E-state index contributed by atoms with van der Waals surface area (Å²) in [5.74, 6) is -0.553. The lowest BCUT2D eigenvalue weighted by Gasteiger charge is -2.07. The van der Waals surface area contributed by atoms with Crippen LogP contribution in [0.2, 0.25) is 0 Å². The van der Waals surface area contributed by atoms with E-state index in [0.717, 1.165) is 27.1 Å². The van der Waals surface area contributed by atoms with Crippen LogP contribution in [0.3, 0.4) is 0 Å². The predicted octanol–water partition coefficient (Wildman–Crippen LogP) is 3.83. The smallest absolute Gasteiger partial charge is 0.223 e. The Balaban J connectivity index is 1.59. The standard InChI is InChI=1S/C16H14F2N4S/c1-7-4-10-14(21-16(19)22-15(10)23-7)20-13-6-9(13)8-2-3-11(17)12(18)5-8/h2-5,9,13H,6H2,1H3,(H3,19,20,21,22)/t9-,13+/m0/s1. The Morgan fingerprint density at radius 2 is 2.04 bits per heavy atom. The van der Waals surface area contributed by atoms with Crippen LogP contribution in [0.5, 0.6) is 0 Å². The van der Waals surface area contributed by atoms with Gasteiger partial charge in [-0.05, 0) is 37.1 Å². The molecule has 1 fully saturated rings. The predicted molar refractivity (Wildman–Crippen MR) is 87.7 cm³/mol. The number of nitrogens with one attached hydrogen (secondary N) is 1. The quantitative estimate of drug-likeness (QED) is 0.765. The zero-order valence-electron chi connectivity index (χ0n) is 12.3. The van der Waals surface area contributed by atoms with Crippen molar-refractivity contribution >= 4 is 33.3 Å². The van der Waals surface area contributed by atoms with Gasteiger partial charge in [-0.3, -0.25) is 0 Å². The number of rotatable bonds is 3. The molecule has 0 aliphatic heterocycles. The Hall–Kier alpha value is -2.28. The average Bonchev–Trinajstić information content (AvgIpc) is 3.14. The maximum Gasteiger partial charge on any atom is 0.223 e. The van der Waals surface area contributed by atoms with E-state index in [4.69, 9.17) is 5.73 Å². The summed E-state index contributed by atoms with van der Waals surface area (Å²) in [5, 5.41) is 4.30. The molecule has 118 valence electrons. The van der Waals surface area contributed by atoms with Crippen molar-refractivity contribution in [3.63, 3.8) is 0 Å². The number of hydrogen-bond acceptors (Lipinski definition) is 5. The third-order valence-corrected chi connectivity index (χ3v) is 4.96. The first-order valence-corrected chi connectivity index (χ1v) is 8.08. The monoisotopic (exact) mass is 332 g/mol. The summed E-state index contributed by atoms with van der Waals surface area (Å²) < 4.78 is 26.4. The minimum absolute atomic E-state index is 0.137. The summed E-state index contributed by atoms with van der Waals surface area (Å²) >= 11 is 1.57. The maximum absolute atomic E-state index is 13.4. The second-order valence-corrected chi connectivity index (χ2v) is 7.01. The van der Waals surface area contributed by atoms with E-state index in [0.29, 0.717) is 5.82 Å². The Kier molecular flexibility index (Phi) is 3.19. The van der Waals surface area contributed by atoms with Crippen LogP contribution in [0.1, 0.15) is 22.8 Å². The van der Waals surface area contributed by atoms with Gasteiger partial charge in [0, 0.05) is 16.8 Å². The van der Waals surface area contributed by atoms with Crippen molar-refractivity contribution < 1.29 is 8.78 Å². The molecule has 3 N–H and O–H groups in total. The highest BCUT2D eigenvalue weighted by Crippen LogP contribution is 2.44. The van der Waals surface area contributed by atoms with Gasteiger partial charge in [0.05, 0.1) is 5.39 Å². The number of anilines is 2. The van der Waals surface area contributed by atoms with Gasteiger partial charge in [0.25, 0.3) is 0 Å². The van der Waals surface area contributed by atoms with Gasteiger partial charge in [0.15, 0.2) is 11.6 Å². The molecule has 2 aromatic heterocycles. The summed E-state index contributed by atoms with van der Waals surface area (Å²) in [4.78, 5) is 10.5. The summed E-state index contributed by atoms with van der Waals surface area (Å²) in [6.07, 6.45) is 0.847. The van der Waals surface area contributed by atoms with Gasteiger partial charge >= 0.3 is 0 Å². The molecule has 0 unspecified atom stereocenters. The number of hydrogen-bond donors (Lipinski definition) is 2. The van der Waals surface area contributed by atoms with Crippen LogP contribution in [0, 0.1) is 18.6 Å². The van der Waals surface area contributed by atoms with Crippen molar-refractivity contribution in [1.29, 1.82) is 0 Å². The molecule has 0 bridgehead atoms. The van der Waals surface area contributed by atoms with Crippen molar-refractivity contribution in [2.24, 2.45) is 0 Å². The van der Waals surface area contributed by atoms with E-state index in [1.165, 1.54) is 12.1 Å². The van der Waals surface area contributed by atoms with Crippen LogP contribution >= 0.6 is 11.3 Å². The molecule has 0 saturated heterocycles. The zero-order valence-corrected chi connectivity index (χ0v) is 13.1. The number of nitrogens with two attached hydrogens (primary N) is 1. The summed E-state index contributed by atoms with van der Waals surface area (Å²) in [6, 6.07) is 6.22. The van der Waals surface area contributed by atoms with Crippen LogP contribution in [0.25, 0.3) is 10.2 Å². The first-order chi connectivity index (χ1) is 11.0. The number of aromatic nitrogens is 2. The fourth-order valence-corrected chi connectivity index (χ4v) is 3.70. The van der Waals surface area contributed by atoms with Crippen molar-refractivity contribution in [2.75, 3.05) is 11.1 Å². The second-order valence-electron chi connectivity index (χ2n) is 5.77. The van der Waals surface area contributed by atoms with Crippen molar-refractivity contribution in [1.82, 2.24) is 9.97 Å². The second kappa shape index (κ2) is 5.13. The molecule has 7 heteroatoms. The highest BCUT2D eigenvalue weighted by Gasteiger charge is 2.39. The van der Waals surface area contributed by atoms with E-state index in [1.54, 1.807) is 17.4 Å². The average molecular weight is 332 g/mol. The molecule has 1 saturated carbocycles. The molecule has 4 nitrogen and oxygen atoms in total. The maximum atomic E-state index is 13.4. The topological polar surface area (TPSA) is 63.8 Å². The van der Waals surface area contributed by atoms with E-state index in [1.807, 2.05) is 13.0 Å². The molecular weight excluding hydrogens is 318 g/mol. The zero-order chi connectivity index (χ0) is 16.1. The minimum atomic E-state index is -0.821. The number of aryl methyl sites for hydroxylation is 1. The van der Waals surface area contributed by atoms with Crippen LogP contribution in [-0.4, -0.2) is 16.0 Å². The number of thiophene rings is 1. The Bertz CT molecular complexity index is 908. The van der Waals surface area contributed by atoms with Crippen LogP contribution in [-0.2, 0) is 0 Å². The molecule has 23 heavy (non-hydrogen) atoms. The SMILES string of the molecule is Cc1cc2c(N[C@@H]3C[C@H]3c3ccc(F)c(F)c3)nc(N)nc2s1. The van der Waals surface area contributed by atoms with Gasteiger partial charge in [-0.25, -0.2) is 13.8 Å². The van der Waals surface area contributed by atoms with Gasteiger partial charge < -0.3 is 11.1 Å². The lowest BCUT2D eigenvalue weighted by Crippen LogP contribution is -2.08. The van der Waals surface area contributed by atoms with Crippen molar-refractivity contribution in [2.45, 2.75) is 25.3 Å². The first-order valence-electron chi connectivity index (χ1n) is 7.26.